The number of morpholine rings is 1. The third-order valence-electron chi connectivity index (χ3n) is 5.12. The minimum atomic E-state index is -0.173. The highest BCUT2D eigenvalue weighted by atomic mass is 16.5. The zero-order valence-corrected chi connectivity index (χ0v) is 14.5. The summed E-state index contributed by atoms with van der Waals surface area (Å²) in [5.74, 6) is 0.399. The third-order valence-corrected chi connectivity index (χ3v) is 5.12. The lowest BCUT2D eigenvalue weighted by atomic mass is 9.99. The van der Waals surface area contributed by atoms with Crippen molar-refractivity contribution in [2.24, 2.45) is 5.92 Å². The molecule has 1 aromatic rings. The van der Waals surface area contributed by atoms with Crippen molar-refractivity contribution in [3.05, 3.63) is 28.2 Å². The summed E-state index contributed by atoms with van der Waals surface area (Å²) < 4.78 is 6.78. The normalized spacial score (nSPS) is 25.2. The molecular weight excluding hydrogens is 308 g/mol. The maximum atomic E-state index is 12.8. The molecule has 0 radical (unpaired) electrons. The van der Waals surface area contributed by atoms with E-state index in [2.05, 4.69) is 16.9 Å². The van der Waals surface area contributed by atoms with Gasteiger partial charge in [-0.3, -0.25) is 14.5 Å². The van der Waals surface area contributed by atoms with E-state index in [1.807, 2.05) is 11.8 Å². The molecule has 0 aromatic carbocycles. The van der Waals surface area contributed by atoms with Crippen LogP contribution in [0.3, 0.4) is 0 Å². The van der Waals surface area contributed by atoms with Crippen LogP contribution in [0.15, 0.2) is 16.9 Å². The SMILES string of the molecule is CC[C@H]1CN(C(=O)c2ccc(=O)n(CC)n2)C[C@H]1N1CCOCC1. The van der Waals surface area contributed by atoms with Crippen LogP contribution in [0.2, 0.25) is 0 Å². The molecule has 2 fully saturated rings. The molecule has 7 nitrogen and oxygen atoms in total. The first-order valence-corrected chi connectivity index (χ1v) is 8.83. The monoisotopic (exact) mass is 334 g/mol. The fraction of sp³-hybridized carbons (Fsp3) is 0.706. The Morgan fingerprint density at radius 2 is 2.00 bits per heavy atom. The van der Waals surface area contributed by atoms with E-state index in [9.17, 15) is 9.59 Å². The van der Waals surface area contributed by atoms with E-state index < -0.39 is 0 Å². The first-order valence-electron chi connectivity index (χ1n) is 8.83. The number of carbonyl (C=O) groups is 1. The zero-order chi connectivity index (χ0) is 17.1. The van der Waals surface area contributed by atoms with Crippen LogP contribution in [-0.4, -0.2) is 70.9 Å². The second-order valence-corrected chi connectivity index (χ2v) is 6.47. The molecule has 3 heterocycles. The number of aromatic nitrogens is 2. The van der Waals surface area contributed by atoms with Gasteiger partial charge < -0.3 is 9.64 Å². The summed E-state index contributed by atoms with van der Waals surface area (Å²) in [6, 6.07) is 3.36. The summed E-state index contributed by atoms with van der Waals surface area (Å²) in [5.41, 5.74) is 0.182. The van der Waals surface area contributed by atoms with Gasteiger partial charge in [-0.05, 0) is 18.9 Å². The van der Waals surface area contributed by atoms with Crippen LogP contribution in [0.5, 0.6) is 0 Å². The number of ether oxygens (including phenoxy) is 1. The lowest BCUT2D eigenvalue weighted by Crippen LogP contribution is -2.47. The van der Waals surface area contributed by atoms with Crippen LogP contribution >= 0.6 is 0 Å². The van der Waals surface area contributed by atoms with E-state index >= 15 is 0 Å². The molecule has 0 spiro atoms. The molecule has 0 saturated carbocycles. The first-order chi connectivity index (χ1) is 11.6. The fourth-order valence-electron chi connectivity index (χ4n) is 3.70. The molecule has 2 saturated heterocycles. The Hall–Kier alpha value is -1.73. The fourth-order valence-corrected chi connectivity index (χ4v) is 3.70. The van der Waals surface area contributed by atoms with Crippen molar-refractivity contribution >= 4 is 5.91 Å². The molecule has 132 valence electrons. The van der Waals surface area contributed by atoms with Crippen molar-refractivity contribution in [2.45, 2.75) is 32.9 Å². The molecule has 0 unspecified atom stereocenters. The molecule has 0 bridgehead atoms. The van der Waals surface area contributed by atoms with E-state index in [0.717, 1.165) is 45.8 Å². The highest BCUT2D eigenvalue weighted by Gasteiger charge is 2.38. The van der Waals surface area contributed by atoms with Crippen molar-refractivity contribution in [3.8, 4) is 0 Å². The van der Waals surface area contributed by atoms with Crippen LogP contribution in [0.4, 0.5) is 0 Å². The van der Waals surface area contributed by atoms with Crippen molar-refractivity contribution in [1.82, 2.24) is 19.6 Å². The largest absolute Gasteiger partial charge is 0.379 e. The summed E-state index contributed by atoms with van der Waals surface area (Å²) in [7, 11) is 0. The second kappa shape index (κ2) is 7.44. The summed E-state index contributed by atoms with van der Waals surface area (Å²) in [6.07, 6.45) is 1.05. The molecule has 1 amide bonds. The first kappa shape index (κ1) is 17.1. The number of aryl methyl sites for hydroxylation is 1. The zero-order valence-electron chi connectivity index (χ0n) is 14.5. The molecule has 7 heteroatoms. The Morgan fingerprint density at radius 1 is 1.25 bits per heavy atom. The molecule has 2 aliphatic heterocycles. The average Bonchev–Trinajstić information content (AvgIpc) is 3.06. The van der Waals surface area contributed by atoms with E-state index in [-0.39, 0.29) is 11.5 Å². The predicted octanol–water partition coefficient (Wildman–Crippen LogP) is 0.446. The summed E-state index contributed by atoms with van der Waals surface area (Å²) in [4.78, 5) is 28.8. The summed E-state index contributed by atoms with van der Waals surface area (Å²) in [5, 5.41) is 4.20. The van der Waals surface area contributed by atoms with Gasteiger partial charge in [-0.1, -0.05) is 13.3 Å². The maximum Gasteiger partial charge on any atom is 0.274 e. The van der Waals surface area contributed by atoms with E-state index in [4.69, 9.17) is 4.74 Å². The number of likely N-dealkylation sites (tertiary alicyclic amines) is 1. The Labute approximate surface area is 142 Å². The molecule has 2 atom stereocenters. The van der Waals surface area contributed by atoms with Crippen LogP contribution in [0, 0.1) is 5.92 Å². The molecular formula is C17H26N4O3. The second-order valence-electron chi connectivity index (χ2n) is 6.47. The molecule has 24 heavy (non-hydrogen) atoms. The Kier molecular flexibility index (Phi) is 5.30. The minimum absolute atomic E-state index is 0.0774. The highest BCUT2D eigenvalue weighted by molar-refractivity contribution is 5.92. The standard InChI is InChI=1S/C17H26N4O3/c1-3-13-11-20(12-15(13)19-7-9-24-10-8-19)17(23)14-5-6-16(22)21(4-2)18-14/h5-6,13,15H,3-4,7-12H2,1-2H3/t13-,15+/m0/s1. The van der Waals surface area contributed by atoms with Crippen molar-refractivity contribution in [3.63, 3.8) is 0 Å². The Balaban J connectivity index is 1.75. The van der Waals surface area contributed by atoms with Crippen LogP contribution in [0.1, 0.15) is 30.8 Å². The molecule has 1 aromatic heterocycles. The topological polar surface area (TPSA) is 67.7 Å². The number of hydrogen-bond acceptors (Lipinski definition) is 5. The smallest absolute Gasteiger partial charge is 0.274 e. The Bertz CT molecular complexity index is 639. The van der Waals surface area contributed by atoms with Crippen LogP contribution in [-0.2, 0) is 11.3 Å². The van der Waals surface area contributed by atoms with Gasteiger partial charge in [0.25, 0.3) is 11.5 Å². The quantitative estimate of drug-likeness (QED) is 0.800. The maximum absolute atomic E-state index is 12.8. The molecule has 0 N–H and O–H groups in total. The van der Waals surface area contributed by atoms with Gasteiger partial charge in [-0.2, -0.15) is 5.10 Å². The minimum Gasteiger partial charge on any atom is -0.379 e. The van der Waals surface area contributed by atoms with Crippen molar-refractivity contribution < 1.29 is 9.53 Å². The Morgan fingerprint density at radius 3 is 2.67 bits per heavy atom. The lowest BCUT2D eigenvalue weighted by Gasteiger charge is -2.34. The van der Waals surface area contributed by atoms with Crippen molar-refractivity contribution in [1.29, 1.82) is 0 Å². The van der Waals surface area contributed by atoms with Crippen LogP contribution in [0.25, 0.3) is 0 Å². The number of hydrogen-bond donors (Lipinski definition) is 0. The number of nitrogens with zero attached hydrogens (tertiary/aromatic N) is 4. The van der Waals surface area contributed by atoms with E-state index in [1.165, 1.54) is 10.7 Å². The summed E-state index contributed by atoms with van der Waals surface area (Å²) >= 11 is 0. The summed E-state index contributed by atoms with van der Waals surface area (Å²) in [6.45, 7) is 9.38. The van der Waals surface area contributed by atoms with E-state index in [1.54, 1.807) is 6.07 Å². The number of rotatable bonds is 4. The van der Waals surface area contributed by atoms with Gasteiger partial charge in [-0.25, -0.2) is 4.68 Å². The van der Waals surface area contributed by atoms with Gasteiger partial charge in [0.15, 0.2) is 0 Å². The third kappa shape index (κ3) is 3.37. The van der Waals surface area contributed by atoms with Gasteiger partial charge in [0, 0.05) is 44.8 Å². The molecule has 3 rings (SSSR count). The van der Waals surface area contributed by atoms with Gasteiger partial charge >= 0.3 is 0 Å². The van der Waals surface area contributed by atoms with Crippen molar-refractivity contribution in [2.75, 3.05) is 39.4 Å². The van der Waals surface area contributed by atoms with E-state index in [0.29, 0.717) is 24.2 Å². The van der Waals surface area contributed by atoms with Gasteiger partial charge in [0.2, 0.25) is 0 Å². The lowest BCUT2D eigenvalue weighted by molar-refractivity contribution is 0.0102. The average molecular weight is 334 g/mol. The molecule has 0 aliphatic carbocycles. The predicted molar refractivity (Wildman–Crippen MR) is 90.0 cm³/mol. The van der Waals surface area contributed by atoms with Gasteiger partial charge in [0.1, 0.15) is 5.69 Å². The molecule has 2 aliphatic rings. The highest BCUT2D eigenvalue weighted by Crippen LogP contribution is 2.26. The number of amides is 1. The van der Waals surface area contributed by atoms with Gasteiger partial charge in [0.05, 0.1) is 13.2 Å². The van der Waals surface area contributed by atoms with Crippen LogP contribution < -0.4 is 5.56 Å². The number of carbonyl (C=O) groups excluding carboxylic acids is 1. The van der Waals surface area contributed by atoms with Gasteiger partial charge in [-0.15, -0.1) is 0 Å².